The topological polar surface area (TPSA) is 35.6 Å². The van der Waals surface area contributed by atoms with Crippen LogP contribution in [0.15, 0.2) is 30.3 Å². The maximum absolute atomic E-state index is 12.2. The first-order valence-electron chi connectivity index (χ1n) is 9.55. The average Bonchev–Trinajstić information content (AvgIpc) is 3.16. The molecule has 1 heterocycles. The summed E-state index contributed by atoms with van der Waals surface area (Å²) in [5, 5.41) is 3.22. The van der Waals surface area contributed by atoms with Gasteiger partial charge in [-0.2, -0.15) is 0 Å². The molecular formula is C20H31N3O. The molecule has 4 nitrogen and oxygen atoms in total. The number of carbonyl (C=O) groups excluding carboxylic acids is 1. The fourth-order valence-electron chi connectivity index (χ4n) is 3.87. The summed E-state index contributed by atoms with van der Waals surface area (Å²) in [5.41, 5.74) is 1.33. The van der Waals surface area contributed by atoms with Gasteiger partial charge in [0.05, 0.1) is 0 Å². The van der Waals surface area contributed by atoms with Crippen LogP contribution in [-0.4, -0.2) is 49.6 Å². The molecule has 0 radical (unpaired) electrons. The van der Waals surface area contributed by atoms with E-state index >= 15 is 0 Å². The van der Waals surface area contributed by atoms with Gasteiger partial charge in [0.1, 0.15) is 0 Å². The number of hydrogen-bond acceptors (Lipinski definition) is 3. The molecule has 1 aromatic carbocycles. The first-order chi connectivity index (χ1) is 11.7. The number of nitrogens with one attached hydrogen (secondary N) is 1. The van der Waals surface area contributed by atoms with Crippen LogP contribution in [0.25, 0.3) is 0 Å². The van der Waals surface area contributed by atoms with Crippen molar-refractivity contribution >= 4 is 11.6 Å². The Balaban J connectivity index is 1.35. The van der Waals surface area contributed by atoms with Crippen molar-refractivity contribution < 1.29 is 4.79 Å². The molecule has 0 spiro atoms. The van der Waals surface area contributed by atoms with E-state index in [2.05, 4.69) is 52.4 Å². The predicted octanol–water partition coefficient (Wildman–Crippen LogP) is 2.89. The van der Waals surface area contributed by atoms with E-state index in [1.807, 2.05) is 0 Å². The summed E-state index contributed by atoms with van der Waals surface area (Å²) < 4.78 is 0. The number of rotatable bonds is 6. The van der Waals surface area contributed by atoms with E-state index in [-0.39, 0.29) is 17.9 Å². The maximum Gasteiger partial charge on any atom is 0.223 e. The molecule has 1 aliphatic carbocycles. The van der Waals surface area contributed by atoms with Crippen molar-refractivity contribution in [3.05, 3.63) is 30.3 Å². The molecular weight excluding hydrogens is 298 g/mol. The molecule has 0 aromatic heterocycles. The molecule has 3 rings (SSSR count). The smallest absolute Gasteiger partial charge is 0.223 e. The van der Waals surface area contributed by atoms with Crippen molar-refractivity contribution in [2.45, 2.75) is 45.1 Å². The summed E-state index contributed by atoms with van der Waals surface area (Å²) >= 11 is 0. The Kier molecular flexibility index (Phi) is 6.13. The number of nitrogens with zero attached hydrogens (tertiary/aromatic N) is 2. The van der Waals surface area contributed by atoms with Gasteiger partial charge in [-0.05, 0) is 38.3 Å². The summed E-state index contributed by atoms with van der Waals surface area (Å²) in [5.74, 6) is 0.566. The van der Waals surface area contributed by atoms with Gasteiger partial charge in [-0.25, -0.2) is 0 Å². The Morgan fingerprint density at radius 1 is 1.12 bits per heavy atom. The molecule has 1 amide bonds. The highest BCUT2D eigenvalue weighted by atomic mass is 16.1. The molecule has 2 fully saturated rings. The molecule has 1 aliphatic heterocycles. The molecule has 4 heteroatoms. The minimum absolute atomic E-state index is 0.280. The zero-order valence-corrected chi connectivity index (χ0v) is 14.9. The number of hydrogen-bond donors (Lipinski definition) is 1. The van der Waals surface area contributed by atoms with Crippen molar-refractivity contribution in [1.82, 2.24) is 10.2 Å². The van der Waals surface area contributed by atoms with E-state index in [0.717, 1.165) is 52.0 Å². The highest BCUT2D eigenvalue weighted by Gasteiger charge is 2.24. The van der Waals surface area contributed by atoms with Crippen molar-refractivity contribution in [1.29, 1.82) is 0 Å². The normalized spacial score (nSPS) is 21.0. The van der Waals surface area contributed by atoms with Gasteiger partial charge in [-0.1, -0.05) is 31.0 Å². The Labute approximate surface area is 146 Å². The SMILES string of the molecule is CC(CCN1CCN(c2ccccc2)CC1)NC(=O)C1CCCC1. The molecule has 24 heavy (non-hydrogen) atoms. The minimum Gasteiger partial charge on any atom is -0.369 e. The van der Waals surface area contributed by atoms with Gasteiger partial charge in [0.15, 0.2) is 0 Å². The quantitative estimate of drug-likeness (QED) is 0.872. The maximum atomic E-state index is 12.2. The highest BCUT2D eigenvalue weighted by molar-refractivity contribution is 5.79. The molecule has 0 bridgehead atoms. The van der Waals surface area contributed by atoms with Crippen LogP contribution in [0.2, 0.25) is 0 Å². The van der Waals surface area contributed by atoms with Crippen molar-refractivity contribution in [3.63, 3.8) is 0 Å². The fourth-order valence-corrected chi connectivity index (χ4v) is 3.87. The lowest BCUT2D eigenvalue weighted by molar-refractivity contribution is -0.125. The lowest BCUT2D eigenvalue weighted by atomic mass is 10.1. The number of benzene rings is 1. The van der Waals surface area contributed by atoms with Crippen LogP contribution in [0.3, 0.4) is 0 Å². The molecule has 132 valence electrons. The third kappa shape index (κ3) is 4.73. The lowest BCUT2D eigenvalue weighted by Crippen LogP contribution is -2.47. The van der Waals surface area contributed by atoms with E-state index in [4.69, 9.17) is 0 Å². The average molecular weight is 329 g/mol. The number of anilines is 1. The summed E-state index contributed by atoms with van der Waals surface area (Å²) in [6.07, 6.45) is 5.65. The van der Waals surface area contributed by atoms with Crippen molar-refractivity contribution in [3.8, 4) is 0 Å². The molecule has 2 aliphatic rings. The standard InChI is InChI=1S/C20H31N3O/c1-17(21-20(24)18-7-5-6-8-18)11-12-22-13-15-23(16-14-22)19-9-3-2-4-10-19/h2-4,9-10,17-18H,5-8,11-16H2,1H3,(H,21,24). The van der Waals surface area contributed by atoms with Crippen LogP contribution in [0.5, 0.6) is 0 Å². The number of amides is 1. The second-order valence-corrected chi connectivity index (χ2v) is 7.34. The van der Waals surface area contributed by atoms with Crippen LogP contribution < -0.4 is 10.2 Å². The first kappa shape index (κ1) is 17.3. The summed E-state index contributed by atoms with van der Waals surface area (Å²) in [7, 11) is 0. The van der Waals surface area contributed by atoms with Gasteiger partial charge in [-0.3, -0.25) is 9.69 Å². The van der Waals surface area contributed by atoms with Crippen molar-refractivity contribution in [2.24, 2.45) is 5.92 Å². The molecule has 1 saturated heterocycles. The second-order valence-electron chi connectivity index (χ2n) is 7.34. The van der Waals surface area contributed by atoms with Crippen LogP contribution in [0.4, 0.5) is 5.69 Å². The van der Waals surface area contributed by atoms with Gasteiger partial charge in [0.25, 0.3) is 0 Å². The second kappa shape index (κ2) is 8.52. The van der Waals surface area contributed by atoms with Gasteiger partial charge in [0, 0.05) is 50.4 Å². The van der Waals surface area contributed by atoms with Gasteiger partial charge in [0.2, 0.25) is 5.91 Å². The third-order valence-electron chi connectivity index (χ3n) is 5.49. The Hall–Kier alpha value is -1.55. The van der Waals surface area contributed by atoms with E-state index in [9.17, 15) is 4.79 Å². The molecule has 1 unspecified atom stereocenters. The molecule has 1 aromatic rings. The largest absolute Gasteiger partial charge is 0.369 e. The van der Waals surface area contributed by atoms with Gasteiger partial charge in [-0.15, -0.1) is 0 Å². The Morgan fingerprint density at radius 2 is 1.79 bits per heavy atom. The monoisotopic (exact) mass is 329 g/mol. The highest BCUT2D eigenvalue weighted by Crippen LogP contribution is 2.24. The zero-order chi connectivity index (χ0) is 16.8. The number of carbonyl (C=O) groups is 1. The van der Waals surface area contributed by atoms with Gasteiger partial charge >= 0.3 is 0 Å². The Morgan fingerprint density at radius 3 is 2.46 bits per heavy atom. The van der Waals surface area contributed by atoms with E-state index in [0.29, 0.717) is 0 Å². The fraction of sp³-hybridized carbons (Fsp3) is 0.650. The summed E-state index contributed by atoms with van der Waals surface area (Å²) in [6, 6.07) is 10.9. The molecule has 1 saturated carbocycles. The van der Waals surface area contributed by atoms with E-state index in [1.54, 1.807) is 0 Å². The third-order valence-corrected chi connectivity index (χ3v) is 5.49. The van der Waals surface area contributed by atoms with Gasteiger partial charge < -0.3 is 10.2 Å². The van der Waals surface area contributed by atoms with Crippen LogP contribution in [0.1, 0.15) is 39.0 Å². The number of piperazine rings is 1. The van der Waals surface area contributed by atoms with Crippen LogP contribution in [-0.2, 0) is 4.79 Å². The summed E-state index contributed by atoms with van der Waals surface area (Å²) in [4.78, 5) is 17.2. The van der Waals surface area contributed by atoms with E-state index in [1.165, 1.54) is 18.5 Å². The predicted molar refractivity (Wildman–Crippen MR) is 99.3 cm³/mol. The van der Waals surface area contributed by atoms with Crippen LogP contribution >= 0.6 is 0 Å². The first-order valence-corrected chi connectivity index (χ1v) is 9.55. The zero-order valence-electron chi connectivity index (χ0n) is 14.9. The lowest BCUT2D eigenvalue weighted by Gasteiger charge is -2.36. The van der Waals surface area contributed by atoms with E-state index < -0.39 is 0 Å². The van der Waals surface area contributed by atoms with Crippen molar-refractivity contribution in [2.75, 3.05) is 37.6 Å². The van der Waals surface area contributed by atoms with Crippen LogP contribution in [0, 0.1) is 5.92 Å². The minimum atomic E-state index is 0.280. The molecule has 1 atom stereocenters. The molecule has 1 N–H and O–H groups in total. The summed E-state index contributed by atoms with van der Waals surface area (Å²) in [6.45, 7) is 7.62. The number of para-hydroxylation sites is 1. The Bertz CT molecular complexity index is 505.